The van der Waals surface area contributed by atoms with Gasteiger partial charge in [-0.25, -0.2) is 0 Å². The molecule has 1 fully saturated rings. The minimum Gasteiger partial charge on any atom is -0.487 e. The second kappa shape index (κ2) is 5.95. The van der Waals surface area contributed by atoms with Crippen LogP contribution in [0.3, 0.4) is 0 Å². The van der Waals surface area contributed by atoms with Crippen molar-refractivity contribution in [1.82, 2.24) is 0 Å². The molecule has 0 spiro atoms. The van der Waals surface area contributed by atoms with Gasteiger partial charge in [0.05, 0.1) is 0 Å². The Balaban J connectivity index is 1.84. The zero-order valence-corrected chi connectivity index (χ0v) is 10.5. The average Bonchev–Trinajstić information content (AvgIpc) is 2.82. The van der Waals surface area contributed by atoms with Crippen LogP contribution in [0.15, 0.2) is 42.5 Å². The van der Waals surface area contributed by atoms with Crippen molar-refractivity contribution in [2.24, 2.45) is 5.92 Å². The largest absolute Gasteiger partial charge is 0.487 e. The van der Waals surface area contributed by atoms with E-state index in [9.17, 15) is 13.6 Å². The summed E-state index contributed by atoms with van der Waals surface area (Å²) in [5, 5.41) is 0. The fourth-order valence-corrected chi connectivity index (χ4v) is 2.03. The maximum Gasteiger partial charge on any atom is 0.299 e. The predicted molar refractivity (Wildman–Crippen MR) is 68.4 cm³/mol. The molecule has 1 saturated carbocycles. The standard InChI is InChI=1S/C15H16F2O2/c16-15(17,9-8-12-6-7-13(18)10-12)11-19-14-4-2-1-3-5-14/h1-5,8-9,12H,6-7,10-11H2/b9-8+/t12-/m1/s1. The van der Waals surface area contributed by atoms with Gasteiger partial charge >= 0.3 is 0 Å². The van der Waals surface area contributed by atoms with Crippen molar-refractivity contribution in [2.45, 2.75) is 25.2 Å². The first-order chi connectivity index (χ1) is 9.05. The number of para-hydroxylation sites is 1. The second-order valence-corrected chi connectivity index (χ2v) is 4.76. The molecule has 2 rings (SSSR count). The van der Waals surface area contributed by atoms with Crippen LogP contribution in [0.5, 0.6) is 5.75 Å². The maximum atomic E-state index is 13.6. The Morgan fingerprint density at radius 2 is 2.05 bits per heavy atom. The number of ketones is 1. The summed E-state index contributed by atoms with van der Waals surface area (Å²) < 4.78 is 32.2. The van der Waals surface area contributed by atoms with Crippen LogP contribution < -0.4 is 4.74 Å². The fraction of sp³-hybridized carbons (Fsp3) is 0.400. The molecule has 1 aliphatic carbocycles. The number of allylic oxidation sites excluding steroid dienone is 1. The van der Waals surface area contributed by atoms with Crippen molar-refractivity contribution in [2.75, 3.05) is 6.61 Å². The van der Waals surface area contributed by atoms with Crippen LogP contribution in [-0.4, -0.2) is 18.3 Å². The fourth-order valence-electron chi connectivity index (χ4n) is 2.03. The molecule has 102 valence electrons. The highest BCUT2D eigenvalue weighted by atomic mass is 19.3. The quantitative estimate of drug-likeness (QED) is 0.761. The molecule has 2 nitrogen and oxygen atoms in total. The first kappa shape index (κ1) is 13.7. The van der Waals surface area contributed by atoms with Crippen LogP contribution in [-0.2, 0) is 4.79 Å². The highest BCUT2D eigenvalue weighted by Crippen LogP contribution is 2.26. The molecule has 0 bridgehead atoms. The molecule has 1 aromatic rings. The lowest BCUT2D eigenvalue weighted by atomic mass is 10.1. The Labute approximate surface area is 111 Å². The molecule has 0 aliphatic heterocycles. The summed E-state index contributed by atoms with van der Waals surface area (Å²) in [5.41, 5.74) is 0. The van der Waals surface area contributed by atoms with Gasteiger partial charge in [-0.15, -0.1) is 0 Å². The lowest BCUT2D eigenvalue weighted by molar-refractivity contribution is -0.117. The molecule has 1 atom stereocenters. The number of halogens is 2. The van der Waals surface area contributed by atoms with Crippen LogP contribution in [0, 0.1) is 5.92 Å². The molecule has 0 amide bonds. The van der Waals surface area contributed by atoms with Crippen LogP contribution in [0.2, 0.25) is 0 Å². The highest BCUT2D eigenvalue weighted by molar-refractivity contribution is 5.80. The van der Waals surface area contributed by atoms with Crippen molar-refractivity contribution in [3.8, 4) is 5.75 Å². The van der Waals surface area contributed by atoms with Crippen LogP contribution in [0.25, 0.3) is 0 Å². The predicted octanol–water partition coefficient (Wildman–Crippen LogP) is 3.63. The van der Waals surface area contributed by atoms with Crippen molar-refractivity contribution in [1.29, 1.82) is 0 Å². The van der Waals surface area contributed by atoms with Gasteiger partial charge < -0.3 is 4.74 Å². The molecule has 0 saturated heterocycles. The normalized spacial score (nSPS) is 20.1. The zero-order valence-electron chi connectivity index (χ0n) is 10.5. The lowest BCUT2D eigenvalue weighted by Gasteiger charge is -2.14. The number of carbonyl (C=O) groups excluding carboxylic acids is 1. The van der Waals surface area contributed by atoms with E-state index in [0.29, 0.717) is 25.0 Å². The van der Waals surface area contributed by atoms with Gasteiger partial charge in [-0.1, -0.05) is 24.3 Å². The second-order valence-electron chi connectivity index (χ2n) is 4.76. The molecule has 0 N–H and O–H groups in total. The molecule has 0 radical (unpaired) electrons. The zero-order chi connectivity index (χ0) is 13.7. The van der Waals surface area contributed by atoms with E-state index in [4.69, 9.17) is 4.74 Å². The third-order valence-electron chi connectivity index (χ3n) is 3.07. The average molecular weight is 266 g/mol. The van der Waals surface area contributed by atoms with Gasteiger partial charge in [0.15, 0.2) is 6.61 Å². The maximum absolute atomic E-state index is 13.6. The van der Waals surface area contributed by atoms with Crippen LogP contribution in [0.1, 0.15) is 19.3 Å². The van der Waals surface area contributed by atoms with Gasteiger partial charge in [0.2, 0.25) is 0 Å². The molecule has 0 unspecified atom stereocenters. The lowest BCUT2D eigenvalue weighted by Crippen LogP contribution is -2.23. The van der Waals surface area contributed by atoms with E-state index in [1.54, 1.807) is 30.3 Å². The molecule has 4 heteroatoms. The Morgan fingerprint density at radius 1 is 1.32 bits per heavy atom. The first-order valence-electron chi connectivity index (χ1n) is 6.32. The van der Waals surface area contributed by atoms with Gasteiger partial charge in [-0.2, -0.15) is 8.78 Å². The van der Waals surface area contributed by atoms with Crippen molar-refractivity contribution in [3.63, 3.8) is 0 Å². The molecule has 19 heavy (non-hydrogen) atoms. The molecule has 0 aromatic heterocycles. The summed E-state index contributed by atoms with van der Waals surface area (Å²) in [5.74, 6) is -2.48. The Morgan fingerprint density at radius 3 is 2.68 bits per heavy atom. The SMILES string of the molecule is O=C1CC[C@H](/C=C/C(F)(F)COc2ccccc2)C1. The van der Waals surface area contributed by atoms with Gasteiger partial charge in [-0.05, 0) is 30.5 Å². The molecule has 1 aromatic carbocycles. The van der Waals surface area contributed by atoms with E-state index in [2.05, 4.69) is 0 Å². The summed E-state index contributed by atoms with van der Waals surface area (Å²) in [4.78, 5) is 11.0. The van der Waals surface area contributed by atoms with E-state index < -0.39 is 12.5 Å². The number of Topliss-reactive ketones (excluding diaryl/α,β-unsaturated/α-hetero) is 1. The van der Waals surface area contributed by atoms with E-state index in [1.807, 2.05) is 0 Å². The van der Waals surface area contributed by atoms with Gasteiger partial charge in [0.1, 0.15) is 11.5 Å². The first-order valence-corrected chi connectivity index (χ1v) is 6.32. The third kappa shape index (κ3) is 4.47. The topological polar surface area (TPSA) is 26.3 Å². The van der Waals surface area contributed by atoms with Crippen LogP contribution >= 0.6 is 0 Å². The summed E-state index contributed by atoms with van der Waals surface area (Å²) in [6.45, 7) is -0.686. The summed E-state index contributed by atoms with van der Waals surface area (Å²) in [6.07, 6.45) is 3.86. The van der Waals surface area contributed by atoms with Crippen molar-refractivity contribution in [3.05, 3.63) is 42.5 Å². The number of hydrogen-bond donors (Lipinski definition) is 0. The van der Waals surface area contributed by atoms with Gasteiger partial charge in [-0.3, -0.25) is 4.79 Å². The summed E-state index contributed by atoms with van der Waals surface area (Å²) in [6, 6.07) is 8.52. The van der Waals surface area contributed by atoms with E-state index in [0.717, 1.165) is 6.08 Å². The minimum absolute atomic E-state index is 0.0462. The summed E-state index contributed by atoms with van der Waals surface area (Å²) in [7, 11) is 0. The number of hydrogen-bond acceptors (Lipinski definition) is 2. The smallest absolute Gasteiger partial charge is 0.299 e. The third-order valence-corrected chi connectivity index (χ3v) is 3.07. The Kier molecular flexibility index (Phi) is 4.30. The number of benzene rings is 1. The van der Waals surface area contributed by atoms with Crippen LogP contribution in [0.4, 0.5) is 8.78 Å². The number of carbonyl (C=O) groups is 1. The van der Waals surface area contributed by atoms with Crippen molar-refractivity contribution < 1.29 is 18.3 Å². The summed E-state index contributed by atoms with van der Waals surface area (Å²) >= 11 is 0. The Hall–Kier alpha value is -1.71. The molecule has 1 aliphatic rings. The minimum atomic E-state index is -3.01. The van der Waals surface area contributed by atoms with Gasteiger partial charge in [0.25, 0.3) is 5.92 Å². The van der Waals surface area contributed by atoms with E-state index in [-0.39, 0.29) is 11.7 Å². The van der Waals surface area contributed by atoms with Gasteiger partial charge in [0, 0.05) is 12.8 Å². The highest BCUT2D eigenvalue weighted by Gasteiger charge is 2.28. The monoisotopic (exact) mass is 266 g/mol. The Bertz CT molecular complexity index is 454. The molecular weight excluding hydrogens is 250 g/mol. The number of alkyl halides is 2. The van der Waals surface area contributed by atoms with Crippen molar-refractivity contribution >= 4 is 5.78 Å². The van der Waals surface area contributed by atoms with E-state index >= 15 is 0 Å². The van der Waals surface area contributed by atoms with E-state index in [1.165, 1.54) is 6.08 Å². The number of rotatable bonds is 5. The molecular formula is C15H16F2O2. The molecule has 0 heterocycles. The number of ether oxygens (including phenoxy) is 1.